The molecule has 1 saturated carbocycles. The SMILES string of the molecule is C[C@H]1CC[C@H](Cn2cnc3nc(-c4noc(=O)[nH]4)nc(Cl)c32)CC1. The van der Waals surface area contributed by atoms with Crippen molar-refractivity contribution >= 4 is 22.8 Å². The lowest BCUT2D eigenvalue weighted by Gasteiger charge is -2.26. The molecule has 8 nitrogen and oxygen atoms in total. The molecule has 9 heteroatoms. The first kappa shape index (κ1) is 15.3. The van der Waals surface area contributed by atoms with E-state index in [9.17, 15) is 4.79 Å². The predicted octanol–water partition coefficient (Wildman–Crippen LogP) is 2.65. The summed E-state index contributed by atoms with van der Waals surface area (Å²) >= 11 is 6.34. The van der Waals surface area contributed by atoms with Crippen LogP contribution in [-0.2, 0) is 6.54 Å². The third kappa shape index (κ3) is 2.82. The van der Waals surface area contributed by atoms with Gasteiger partial charge in [0.1, 0.15) is 5.52 Å². The fraction of sp³-hybridized carbons (Fsp3) is 0.533. The molecule has 0 aliphatic heterocycles. The first-order chi connectivity index (χ1) is 11.6. The molecule has 0 unspecified atom stereocenters. The maximum absolute atomic E-state index is 11.1. The minimum absolute atomic E-state index is 0.139. The van der Waals surface area contributed by atoms with Gasteiger partial charge in [-0.3, -0.25) is 9.51 Å². The fourth-order valence-corrected chi connectivity index (χ4v) is 3.57. The summed E-state index contributed by atoms with van der Waals surface area (Å²) in [6.07, 6.45) is 6.73. The highest BCUT2D eigenvalue weighted by Crippen LogP contribution is 2.31. The van der Waals surface area contributed by atoms with E-state index < -0.39 is 5.76 Å². The van der Waals surface area contributed by atoms with Crippen molar-refractivity contribution in [3.63, 3.8) is 0 Å². The molecule has 0 bridgehead atoms. The number of nitrogens with one attached hydrogen (secondary N) is 1. The van der Waals surface area contributed by atoms with E-state index in [0.717, 1.165) is 12.5 Å². The largest absolute Gasteiger partial charge is 0.439 e. The van der Waals surface area contributed by atoms with Crippen molar-refractivity contribution in [2.24, 2.45) is 11.8 Å². The van der Waals surface area contributed by atoms with Gasteiger partial charge in [0, 0.05) is 6.54 Å². The molecule has 0 radical (unpaired) electrons. The molecule has 3 aromatic rings. The maximum atomic E-state index is 11.1. The number of fused-ring (bicyclic) bond motifs is 1. The van der Waals surface area contributed by atoms with E-state index in [1.54, 1.807) is 6.33 Å². The number of aromatic amines is 1. The monoisotopic (exact) mass is 348 g/mol. The molecular weight excluding hydrogens is 332 g/mol. The van der Waals surface area contributed by atoms with Crippen molar-refractivity contribution in [2.75, 3.05) is 0 Å². The Morgan fingerprint density at radius 1 is 1.33 bits per heavy atom. The Hall–Kier alpha value is -2.22. The third-order valence-corrected chi connectivity index (χ3v) is 4.94. The van der Waals surface area contributed by atoms with Crippen LogP contribution in [0, 0.1) is 11.8 Å². The standard InChI is InChI=1S/C15H17ClN6O2/c1-8-2-4-9(5-3-8)6-22-7-17-12-10(22)11(16)18-13(19-12)14-20-15(23)24-21-14/h7-9H,2-6H2,1H3,(H,20,21,23)/t8-,9-. The van der Waals surface area contributed by atoms with E-state index in [-0.39, 0.29) is 11.6 Å². The van der Waals surface area contributed by atoms with E-state index in [4.69, 9.17) is 11.6 Å². The molecule has 0 saturated heterocycles. The predicted molar refractivity (Wildman–Crippen MR) is 87.6 cm³/mol. The average Bonchev–Trinajstić information content (AvgIpc) is 3.16. The molecule has 0 atom stereocenters. The number of halogens is 1. The third-order valence-electron chi connectivity index (χ3n) is 4.67. The second-order valence-corrected chi connectivity index (χ2v) is 6.83. The molecule has 0 spiro atoms. The molecule has 1 aliphatic rings. The van der Waals surface area contributed by atoms with Gasteiger partial charge in [0.05, 0.1) is 6.33 Å². The zero-order chi connectivity index (χ0) is 16.7. The second kappa shape index (κ2) is 6.01. The lowest BCUT2D eigenvalue weighted by Crippen LogP contribution is -2.17. The van der Waals surface area contributed by atoms with Crippen LogP contribution in [0.5, 0.6) is 0 Å². The van der Waals surface area contributed by atoms with Gasteiger partial charge in [0.15, 0.2) is 10.8 Å². The lowest BCUT2D eigenvalue weighted by molar-refractivity contribution is 0.266. The van der Waals surface area contributed by atoms with Crippen molar-refractivity contribution in [3.8, 4) is 11.6 Å². The van der Waals surface area contributed by atoms with Crippen LogP contribution in [0.25, 0.3) is 22.8 Å². The van der Waals surface area contributed by atoms with E-state index in [1.165, 1.54) is 25.7 Å². The van der Waals surface area contributed by atoms with Gasteiger partial charge in [-0.25, -0.2) is 19.7 Å². The zero-order valence-corrected chi connectivity index (χ0v) is 14.0. The van der Waals surface area contributed by atoms with Crippen LogP contribution in [0.2, 0.25) is 5.15 Å². The zero-order valence-electron chi connectivity index (χ0n) is 13.2. The van der Waals surface area contributed by atoms with Crippen LogP contribution >= 0.6 is 11.6 Å². The maximum Gasteiger partial charge on any atom is 0.439 e. The summed E-state index contributed by atoms with van der Waals surface area (Å²) in [6.45, 7) is 3.18. The minimum Gasteiger partial charge on any atom is -0.326 e. The minimum atomic E-state index is -0.665. The Morgan fingerprint density at radius 2 is 2.12 bits per heavy atom. The highest BCUT2D eigenvalue weighted by atomic mass is 35.5. The van der Waals surface area contributed by atoms with Crippen LogP contribution in [0.3, 0.4) is 0 Å². The molecule has 24 heavy (non-hydrogen) atoms. The first-order valence-electron chi connectivity index (χ1n) is 8.05. The Labute approximate surface area is 142 Å². The van der Waals surface area contributed by atoms with Crippen LogP contribution in [0.15, 0.2) is 15.6 Å². The van der Waals surface area contributed by atoms with Gasteiger partial charge < -0.3 is 4.57 Å². The van der Waals surface area contributed by atoms with E-state index in [1.807, 2.05) is 4.57 Å². The number of rotatable bonds is 3. The fourth-order valence-electron chi connectivity index (χ4n) is 3.30. The number of imidazole rings is 1. The summed E-state index contributed by atoms with van der Waals surface area (Å²) in [4.78, 5) is 26.4. The lowest BCUT2D eigenvalue weighted by atomic mass is 9.83. The number of hydrogen-bond acceptors (Lipinski definition) is 6. The number of nitrogens with zero attached hydrogens (tertiary/aromatic N) is 5. The highest BCUT2D eigenvalue weighted by Gasteiger charge is 2.21. The molecule has 3 aromatic heterocycles. The van der Waals surface area contributed by atoms with Crippen LogP contribution in [0.1, 0.15) is 32.6 Å². The molecule has 4 rings (SSSR count). The summed E-state index contributed by atoms with van der Waals surface area (Å²) in [5, 5.41) is 3.87. The Bertz CT molecular complexity index is 922. The molecule has 126 valence electrons. The topological polar surface area (TPSA) is 102 Å². The van der Waals surface area contributed by atoms with Gasteiger partial charge in [-0.05, 0) is 24.7 Å². The smallest absolute Gasteiger partial charge is 0.326 e. The van der Waals surface area contributed by atoms with Gasteiger partial charge in [0.25, 0.3) is 0 Å². The van der Waals surface area contributed by atoms with Gasteiger partial charge in [0.2, 0.25) is 11.6 Å². The Balaban J connectivity index is 1.65. The number of aromatic nitrogens is 6. The van der Waals surface area contributed by atoms with E-state index >= 15 is 0 Å². The molecule has 0 amide bonds. The quantitative estimate of drug-likeness (QED) is 0.730. The summed E-state index contributed by atoms with van der Waals surface area (Å²) in [6, 6.07) is 0. The number of hydrogen-bond donors (Lipinski definition) is 1. The van der Waals surface area contributed by atoms with Crippen molar-refractivity contribution in [3.05, 3.63) is 22.0 Å². The Kier molecular flexibility index (Phi) is 3.84. The van der Waals surface area contributed by atoms with Gasteiger partial charge >= 0.3 is 5.76 Å². The average molecular weight is 349 g/mol. The Morgan fingerprint density at radius 3 is 2.83 bits per heavy atom. The van der Waals surface area contributed by atoms with Gasteiger partial charge in [-0.1, -0.05) is 36.5 Å². The highest BCUT2D eigenvalue weighted by molar-refractivity contribution is 6.33. The summed E-state index contributed by atoms with van der Waals surface area (Å²) < 4.78 is 6.50. The second-order valence-electron chi connectivity index (χ2n) is 6.48. The summed E-state index contributed by atoms with van der Waals surface area (Å²) in [7, 11) is 0. The molecular formula is C15H17ClN6O2. The van der Waals surface area contributed by atoms with Crippen molar-refractivity contribution in [2.45, 2.75) is 39.2 Å². The summed E-state index contributed by atoms with van der Waals surface area (Å²) in [5.74, 6) is 1.11. The van der Waals surface area contributed by atoms with Crippen molar-refractivity contribution in [1.82, 2.24) is 29.7 Å². The van der Waals surface area contributed by atoms with Gasteiger partial charge in [-0.2, -0.15) is 0 Å². The van der Waals surface area contributed by atoms with E-state index in [0.29, 0.717) is 22.2 Å². The first-order valence-corrected chi connectivity index (χ1v) is 8.42. The molecule has 1 N–H and O–H groups in total. The van der Waals surface area contributed by atoms with Crippen molar-refractivity contribution in [1.29, 1.82) is 0 Å². The van der Waals surface area contributed by atoms with Gasteiger partial charge in [-0.15, -0.1) is 0 Å². The van der Waals surface area contributed by atoms with E-state index in [2.05, 4.69) is 36.5 Å². The van der Waals surface area contributed by atoms with Crippen molar-refractivity contribution < 1.29 is 4.52 Å². The number of H-pyrrole nitrogens is 1. The molecule has 3 heterocycles. The van der Waals surface area contributed by atoms with Crippen LogP contribution in [0.4, 0.5) is 0 Å². The summed E-state index contributed by atoms with van der Waals surface area (Å²) in [5.41, 5.74) is 1.20. The van der Waals surface area contributed by atoms with Crippen LogP contribution in [-0.4, -0.2) is 29.7 Å². The molecule has 1 aliphatic carbocycles. The molecule has 1 fully saturated rings. The normalized spacial score (nSPS) is 21.4. The van der Waals surface area contributed by atoms with Crippen LogP contribution < -0.4 is 5.76 Å². The molecule has 0 aromatic carbocycles.